The minimum Gasteiger partial charge on any atom is -0.507 e. The maximum atomic E-state index is 13.4. The molecule has 0 spiro atoms. The van der Waals surface area contributed by atoms with Crippen molar-refractivity contribution in [2.75, 3.05) is 26.4 Å². The van der Waals surface area contributed by atoms with E-state index in [2.05, 4.69) is 0 Å². The van der Waals surface area contributed by atoms with Crippen molar-refractivity contribution >= 4 is 17.4 Å². The number of rotatable bonds is 8. The van der Waals surface area contributed by atoms with Gasteiger partial charge in [-0.15, -0.1) is 0 Å². The first-order chi connectivity index (χ1) is 18.0. The first kappa shape index (κ1) is 24.3. The SMILES string of the molecule is CCOc1ccc(C2C(=C(O)c3ccc4c(c3)OCCO4)C(=O)C(=O)N2Cc2ccco2)cc1OCC. The maximum Gasteiger partial charge on any atom is 0.296 e. The van der Waals surface area contributed by atoms with Crippen LogP contribution in [0.15, 0.2) is 64.8 Å². The van der Waals surface area contributed by atoms with E-state index in [1.54, 1.807) is 48.5 Å². The van der Waals surface area contributed by atoms with Gasteiger partial charge in [0.25, 0.3) is 11.7 Å². The Bertz CT molecular complexity index is 1340. The molecular weight excluding hydrogens is 478 g/mol. The summed E-state index contributed by atoms with van der Waals surface area (Å²) in [4.78, 5) is 28.0. The van der Waals surface area contributed by atoms with E-state index in [1.165, 1.54) is 11.2 Å². The van der Waals surface area contributed by atoms with Gasteiger partial charge >= 0.3 is 0 Å². The molecule has 1 unspecified atom stereocenters. The number of carbonyl (C=O) groups excluding carboxylic acids is 2. The molecule has 2 aliphatic heterocycles. The van der Waals surface area contributed by atoms with E-state index in [-0.39, 0.29) is 17.9 Å². The van der Waals surface area contributed by atoms with Crippen molar-refractivity contribution in [2.45, 2.75) is 26.4 Å². The van der Waals surface area contributed by atoms with Crippen LogP contribution in [0.1, 0.15) is 36.8 Å². The van der Waals surface area contributed by atoms with Gasteiger partial charge < -0.3 is 33.4 Å². The predicted octanol–water partition coefficient (Wildman–Crippen LogP) is 4.47. The second-order valence-electron chi connectivity index (χ2n) is 8.44. The van der Waals surface area contributed by atoms with E-state index in [9.17, 15) is 14.7 Å². The number of ether oxygens (including phenoxy) is 4. The number of Topliss-reactive ketones (excluding diaryl/α,β-unsaturated/α-hetero) is 1. The molecule has 192 valence electrons. The third-order valence-electron chi connectivity index (χ3n) is 6.15. The van der Waals surface area contributed by atoms with Crippen molar-refractivity contribution in [1.82, 2.24) is 4.90 Å². The number of furan rings is 1. The Balaban J connectivity index is 1.64. The molecule has 37 heavy (non-hydrogen) atoms. The molecule has 1 fully saturated rings. The molecule has 0 bridgehead atoms. The van der Waals surface area contributed by atoms with Crippen LogP contribution in [-0.2, 0) is 16.1 Å². The highest BCUT2D eigenvalue weighted by Gasteiger charge is 2.46. The molecule has 0 aliphatic carbocycles. The van der Waals surface area contributed by atoms with E-state index >= 15 is 0 Å². The van der Waals surface area contributed by atoms with Crippen LogP contribution >= 0.6 is 0 Å². The van der Waals surface area contributed by atoms with Crippen LogP contribution < -0.4 is 18.9 Å². The average Bonchev–Trinajstić information content (AvgIpc) is 3.52. The maximum absolute atomic E-state index is 13.4. The fourth-order valence-electron chi connectivity index (χ4n) is 4.54. The zero-order valence-electron chi connectivity index (χ0n) is 20.6. The highest BCUT2D eigenvalue weighted by Crippen LogP contribution is 2.43. The second-order valence-corrected chi connectivity index (χ2v) is 8.44. The number of carbonyl (C=O) groups is 2. The summed E-state index contributed by atoms with van der Waals surface area (Å²) in [6, 6.07) is 12.7. The molecule has 3 aromatic rings. The lowest BCUT2D eigenvalue weighted by atomic mass is 9.94. The average molecular weight is 506 g/mol. The topological polar surface area (TPSA) is 108 Å². The summed E-state index contributed by atoms with van der Waals surface area (Å²) in [5.41, 5.74) is 0.873. The van der Waals surface area contributed by atoms with E-state index in [0.717, 1.165) is 0 Å². The molecule has 1 atom stereocenters. The summed E-state index contributed by atoms with van der Waals surface area (Å²) in [6.07, 6.45) is 1.50. The molecule has 3 heterocycles. The monoisotopic (exact) mass is 505 g/mol. The van der Waals surface area contributed by atoms with Crippen LogP contribution in [0.25, 0.3) is 5.76 Å². The van der Waals surface area contributed by atoms with Crippen molar-refractivity contribution in [3.05, 3.63) is 77.3 Å². The molecule has 0 radical (unpaired) electrons. The van der Waals surface area contributed by atoms with Gasteiger partial charge in [-0.05, 0) is 61.9 Å². The lowest BCUT2D eigenvalue weighted by molar-refractivity contribution is -0.140. The van der Waals surface area contributed by atoms with Crippen molar-refractivity contribution in [1.29, 1.82) is 0 Å². The van der Waals surface area contributed by atoms with E-state index in [4.69, 9.17) is 23.4 Å². The van der Waals surface area contributed by atoms with Gasteiger partial charge in [0.05, 0.1) is 37.6 Å². The highest BCUT2D eigenvalue weighted by atomic mass is 16.6. The predicted molar refractivity (Wildman–Crippen MR) is 133 cm³/mol. The van der Waals surface area contributed by atoms with E-state index in [1.807, 2.05) is 13.8 Å². The molecule has 5 rings (SSSR count). The van der Waals surface area contributed by atoms with Gasteiger partial charge in [0.15, 0.2) is 23.0 Å². The molecule has 2 aliphatic rings. The van der Waals surface area contributed by atoms with Crippen molar-refractivity contribution in [3.8, 4) is 23.0 Å². The summed E-state index contributed by atoms with van der Waals surface area (Å²) in [5.74, 6) is 0.675. The van der Waals surface area contributed by atoms with Crippen molar-refractivity contribution < 1.29 is 38.1 Å². The zero-order chi connectivity index (χ0) is 25.9. The number of hydrogen-bond acceptors (Lipinski definition) is 8. The standard InChI is InChI=1S/C28H27NO8/c1-3-33-20-9-7-17(14-22(20)34-4-2)25-24(27(31)28(32)29(25)16-19-6-5-11-35-19)26(30)18-8-10-21-23(15-18)37-13-12-36-21/h5-11,14-15,25,30H,3-4,12-13,16H2,1-2H3. The number of amides is 1. The normalized spacial score (nSPS) is 18.2. The third kappa shape index (κ3) is 4.60. The quantitative estimate of drug-likeness (QED) is 0.271. The Morgan fingerprint density at radius 1 is 0.973 bits per heavy atom. The molecule has 1 aromatic heterocycles. The zero-order valence-corrected chi connectivity index (χ0v) is 20.6. The lowest BCUT2D eigenvalue weighted by Crippen LogP contribution is -2.29. The fraction of sp³-hybridized carbons (Fsp3) is 0.286. The smallest absolute Gasteiger partial charge is 0.296 e. The molecule has 9 heteroatoms. The number of fused-ring (bicyclic) bond motifs is 1. The van der Waals surface area contributed by atoms with Crippen LogP contribution in [-0.4, -0.2) is 48.1 Å². The number of hydrogen-bond donors (Lipinski definition) is 1. The summed E-state index contributed by atoms with van der Waals surface area (Å²) in [6.45, 7) is 5.40. The molecule has 2 aromatic carbocycles. The summed E-state index contributed by atoms with van der Waals surface area (Å²) >= 11 is 0. The third-order valence-corrected chi connectivity index (χ3v) is 6.15. The highest BCUT2D eigenvalue weighted by molar-refractivity contribution is 6.46. The molecule has 1 saturated heterocycles. The Morgan fingerprint density at radius 2 is 1.73 bits per heavy atom. The second kappa shape index (κ2) is 10.3. The first-order valence-corrected chi connectivity index (χ1v) is 12.1. The van der Waals surface area contributed by atoms with Gasteiger partial charge in [-0.3, -0.25) is 9.59 Å². The van der Waals surface area contributed by atoms with Crippen LogP contribution in [0.2, 0.25) is 0 Å². The lowest BCUT2D eigenvalue weighted by Gasteiger charge is -2.25. The van der Waals surface area contributed by atoms with Gasteiger partial charge in [-0.25, -0.2) is 0 Å². The first-order valence-electron chi connectivity index (χ1n) is 12.1. The van der Waals surface area contributed by atoms with Gasteiger partial charge in [-0.2, -0.15) is 0 Å². The molecule has 1 amide bonds. The fourth-order valence-corrected chi connectivity index (χ4v) is 4.54. The van der Waals surface area contributed by atoms with Crippen LogP contribution in [0.3, 0.4) is 0 Å². The number of likely N-dealkylation sites (tertiary alicyclic amines) is 1. The summed E-state index contributed by atoms with van der Waals surface area (Å²) < 4.78 is 28.1. The Kier molecular flexibility index (Phi) is 6.76. The van der Waals surface area contributed by atoms with Crippen molar-refractivity contribution in [3.63, 3.8) is 0 Å². The van der Waals surface area contributed by atoms with E-state index in [0.29, 0.717) is 66.3 Å². The minimum absolute atomic E-state index is 0.0390. The molecule has 0 saturated carbocycles. The summed E-state index contributed by atoms with van der Waals surface area (Å²) in [5, 5.41) is 11.4. The number of nitrogens with zero attached hydrogens (tertiary/aromatic N) is 1. The van der Waals surface area contributed by atoms with Crippen LogP contribution in [0.4, 0.5) is 0 Å². The number of benzene rings is 2. The van der Waals surface area contributed by atoms with Crippen molar-refractivity contribution in [2.24, 2.45) is 0 Å². The number of aliphatic hydroxyl groups is 1. The minimum atomic E-state index is -0.895. The molecular formula is C28H27NO8. The van der Waals surface area contributed by atoms with Crippen LogP contribution in [0.5, 0.6) is 23.0 Å². The van der Waals surface area contributed by atoms with Gasteiger partial charge in [-0.1, -0.05) is 6.07 Å². The van der Waals surface area contributed by atoms with Gasteiger partial charge in [0, 0.05) is 5.56 Å². The Hall–Kier alpha value is -4.40. The number of aliphatic hydroxyl groups excluding tert-OH is 1. The Morgan fingerprint density at radius 3 is 2.46 bits per heavy atom. The van der Waals surface area contributed by atoms with Gasteiger partial charge in [0.2, 0.25) is 0 Å². The van der Waals surface area contributed by atoms with E-state index < -0.39 is 17.7 Å². The molecule has 1 N–H and O–H groups in total. The molecule has 9 nitrogen and oxygen atoms in total. The summed E-state index contributed by atoms with van der Waals surface area (Å²) in [7, 11) is 0. The van der Waals surface area contributed by atoms with Crippen LogP contribution in [0, 0.1) is 0 Å². The van der Waals surface area contributed by atoms with Gasteiger partial charge in [0.1, 0.15) is 24.7 Å². The largest absolute Gasteiger partial charge is 0.507 e. The Labute approximate surface area is 213 Å². The number of ketones is 1.